The molecule has 0 spiro atoms. The highest BCUT2D eigenvalue weighted by molar-refractivity contribution is 6.31. The van der Waals surface area contributed by atoms with E-state index in [2.05, 4.69) is 10.4 Å². The number of amides is 1. The van der Waals surface area contributed by atoms with Crippen molar-refractivity contribution in [2.24, 2.45) is 0 Å². The molecule has 1 unspecified atom stereocenters. The van der Waals surface area contributed by atoms with E-state index in [1.165, 1.54) is 16.8 Å². The number of benzene rings is 2. The first-order chi connectivity index (χ1) is 12.5. The van der Waals surface area contributed by atoms with Gasteiger partial charge in [0.1, 0.15) is 5.69 Å². The fraction of sp³-hybridized carbons (Fsp3) is 0.150. The van der Waals surface area contributed by atoms with Gasteiger partial charge < -0.3 is 5.32 Å². The third-order valence-corrected chi connectivity index (χ3v) is 4.26. The molecule has 0 bridgehead atoms. The van der Waals surface area contributed by atoms with E-state index in [1.54, 1.807) is 12.1 Å². The predicted molar refractivity (Wildman–Crippen MR) is 102 cm³/mol. The summed E-state index contributed by atoms with van der Waals surface area (Å²) in [6, 6.07) is 19.1. The third kappa shape index (κ3) is 4.18. The standard InChI is InChI=1S/C20H18ClN3O2/c1-14(13-15-7-5-6-10-17(15)21)22-20(26)18-11-12-19(25)24(23-18)16-8-3-2-4-9-16/h2-12,14H,13H2,1H3,(H,22,26). The number of hydrogen-bond acceptors (Lipinski definition) is 3. The lowest BCUT2D eigenvalue weighted by molar-refractivity contribution is 0.0933. The molecule has 3 rings (SSSR count). The van der Waals surface area contributed by atoms with E-state index < -0.39 is 0 Å². The molecule has 0 fully saturated rings. The molecule has 0 aliphatic carbocycles. The van der Waals surface area contributed by atoms with Crippen molar-refractivity contribution in [3.63, 3.8) is 0 Å². The Morgan fingerprint density at radius 2 is 1.77 bits per heavy atom. The molecule has 0 aliphatic rings. The molecule has 132 valence electrons. The van der Waals surface area contributed by atoms with E-state index >= 15 is 0 Å². The lowest BCUT2D eigenvalue weighted by atomic mass is 10.1. The highest BCUT2D eigenvalue weighted by atomic mass is 35.5. The summed E-state index contributed by atoms with van der Waals surface area (Å²) < 4.78 is 1.22. The van der Waals surface area contributed by atoms with Crippen molar-refractivity contribution in [1.29, 1.82) is 0 Å². The number of rotatable bonds is 5. The van der Waals surface area contributed by atoms with E-state index in [-0.39, 0.29) is 23.2 Å². The summed E-state index contributed by atoms with van der Waals surface area (Å²) in [6.45, 7) is 1.90. The molecule has 1 heterocycles. The van der Waals surface area contributed by atoms with Crippen LogP contribution in [0.4, 0.5) is 0 Å². The van der Waals surface area contributed by atoms with Gasteiger partial charge in [0, 0.05) is 17.1 Å². The maximum Gasteiger partial charge on any atom is 0.271 e. The van der Waals surface area contributed by atoms with Gasteiger partial charge in [0.05, 0.1) is 5.69 Å². The number of hydrogen-bond donors (Lipinski definition) is 1. The van der Waals surface area contributed by atoms with Crippen LogP contribution in [-0.4, -0.2) is 21.7 Å². The second-order valence-electron chi connectivity index (χ2n) is 5.97. The molecule has 0 aliphatic heterocycles. The van der Waals surface area contributed by atoms with E-state index in [0.717, 1.165) is 5.56 Å². The Morgan fingerprint density at radius 3 is 2.50 bits per heavy atom. The normalized spacial score (nSPS) is 11.8. The molecule has 1 aromatic heterocycles. The maximum absolute atomic E-state index is 12.5. The second-order valence-corrected chi connectivity index (χ2v) is 6.38. The lowest BCUT2D eigenvalue weighted by Crippen LogP contribution is -2.36. The van der Waals surface area contributed by atoms with Gasteiger partial charge in [-0.3, -0.25) is 9.59 Å². The van der Waals surface area contributed by atoms with Crippen molar-refractivity contribution in [2.45, 2.75) is 19.4 Å². The highest BCUT2D eigenvalue weighted by Crippen LogP contribution is 2.16. The summed E-state index contributed by atoms with van der Waals surface area (Å²) >= 11 is 6.16. The van der Waals surface area contributed by atoms with Gasteiger partial charge in [-0.15, -0.1) is 0 Å². The molecule has 6 heteroatoms. The minimum Gasteiger partial charge on any atom is -0.348 e. The molecule has 0 saturated heterocycles. The SMILES string of the molecule is CC(Cc1ccccc1Cl)NC(=O)c1ccc(=O)n(-c2ccccc2)n1. The molecule has 0 radical (unpaired) electrons. The van der Waals surface area contributed by atoms with Crippen molar-refractivity contribution in [1.82, 2.24) is 15.1 Å². The van der Waals surface area contributed by atoms with Crippen LogP contribution in [0.25, 0.3) is 5.69 Å². The minimum atomic E-state index is -0.339. The molecule has 0 saturated carbocycles. The van der Waals surface area contributed by atoms with Gasteiger partial charge in [-0.25, -0.2) is 0 Å². The summed E-state index contributed by atoms with van der Waals surface area (Å²) in [5, 5.41) is 7.75. The van der Waals surface area contributed by atoms with Crippen LogP contribution in [-0.2, 0) is 6.42 Å². The van der Waals surface area contributed by atoms with Gasteiger partial charge in [0.25, 0.3) is 11.5 Å². The predicted octanol–water partition coefficient (Wildman–Crippen LogP) is 3.25. The van der Waals surface area contributed by atoms with Crippen LogP contribution in [0.1, 0.15) is 23.0 Å². The number of aromatic nitrogens is 2. The summed E-state index contributed by atoms with van der Waals surface area (Å²) in [6.07, 6.45) is 0.601. The molecule has 1 N–H and O–H groups in total. The topological polar surface area (TPSA) is 64.0 Å². The zero-order chi connectivity index (χ0) is 18.5. The van der Waals surface area contributed by atoms with E-state index in [1.807, 2.05) is 49.4 Å². The zero-order valence-corrected chi connectivity index (χ0v) is 15.0. The van der Waals surface area contributed by atoms with Crippen LogP contribution in [0.2, 0.25) is 5.02 Å². The molecule has 26 heavy (non-hydrogen) atoms. The Hall–Kier alpha value is -2.92. The van der Waals surface area contributed by atoms with Gasteiger partial charge in [0.15, 0.2) is 0 Å². The van der Waals surface area contributed by atoms with Crippen LogP contribution in [0, 0.1) is 0 Å². The summed E-state index contributed by atoms with van der Waals surface area (Å²) in [4.78, 5) is 24.6. The minimum absolute atomic E-state index is 0.138. The second kappa shape index (κ2) is 7.97. The Balaban J connectivity index is 1.76. The molecule has 5 nitrogen and oxygen atoms in total. The molecule has 1 amide bonds. The largest absolute Gasteiger partial charge is 0.348 e. The lowest BCUT2D eigenvalue weighted by Gasteiger charge is -2.15. The maximum atomic E-state index is 12.5. The third-order valence-electron chi connectivity index (χ3n) is 3.90. The van der Waals surface area contributed by atoms with Gasteiger partial charge in [-0.2, -0.15) is 9.78 Å². The Bertz CT molecular complexity index is 970. The fourth-order valence-electron chi connectivity index (χ4n) is 2.63. The summed E-state index contributed by atoms with van der Waals surface area (Å²) in [5.41, 5.74) is 1.46. The van der Waals surface area contributed by atoms with Crippen LogP contribution in [0.5, 0.6) is 0 Å². The van der Waals surface area contributed by atoms with E-state index in [0.29, 0.717) is 17.1 Å². The summed E-state index contributed by atoms with van der Waals surface area (Å²) in [7, 11) is 0. The fourth-order valence-corrected chi connectivity index (χ4v) is 2.84. The van der Waals surface area contributed by atoms with Crippen molar-refractivity contribution in [3.8, 4) is 5.69 Å². The van der Waals surface area contributed by atoms with Gasteiger partial charge in [0.2, 0.25) is 0 Å². The quantitative estimate of drug-likeness (QED) is 0.752. The number of carbonyl (C=O) groups excluding carboxylic acids is 1. The van der Waals surface area contributed by atoms with Gasteiger partial charge in [-0.1, -0.05) is 48.0 Å². The smallest absolute Gasteiger partial charge is 0.271 e. The zero-order valence-electron chi connectivity index (χ0n) is 14.2. The number of nitrogens with zero attached hydrogens (tertiary/aromatic N) is 2. The van der Waals surface area contributed by atoms with Crippen LogP contribution in [0.3, 0.4) is 0 Å². The Kier molecular flexibility index (Phi) is 5.49. The van der Waals surface area contributed by atoms with Crippen LogP contribution in [0.15, 0.2) is 71.5 Å². The average molecular weight is 368 g/mol. The van der Waals surface area contributed by atoms with Gasteiger partial charge >= 0.3 is 0 Å². The van der Waals surface area contributed by atoms with Crippen molar-refractivity contribution in [2.75, 3.05) is 0 Å². The van der Waals surface area contributed by atoms with Crippen molar-refractivity contribution < 1.29 is 4.79 Å². The van der Waals surface area contributed by atoms with Crippen LogP contribution < -0.4 is 10.9 Å². The van der Waals surface area contributed by atoms with E-state index in [9.17, 15) is 9.59 Å². The number of halogens is 1. The molecular formula is C20H18ClN3O2. The first-order valence-corrected chi connectivity index (χ1v) is 8.62. The van der Waals surface area contributed by atoms with Crippen LogP contribution >= 0.6 is 11.6 Å². The summed E-state index contributed by atoms with van der Waals surface area (Å²) in [5.74, 6) is -0.339. The average Bonchev–Trinajstić information content (AvgIpc) is 2.64. The van der Waals surface area contributed by atoms with Gasteiger partial charge in [-0.05, 0) is 43.2 Å². The molecule has 2 aromatic carbocycles. The monoisotopic (exact) mass is 367 g/mol. The highest BCUT2D eigenvalue weighted by Gasteiger charge is 2.14. The van der Waals surface area contributed by atoms with Crippen molar-refractivity contribution in [3.05, 3.63) is 93.4 Å². The number of para-hydroxylation sites is 1. The molecule has 3 aromatic rings. The first-order valence-electron chi connectivity index (χ1n) is 8.24. The van der Waals surface area contributed by atoms with Crippen molar-refractivity contribution >= 4 is 17.5 Å². The molecule has 1 atom stereocenters. The number of nitrogens with one attached hydrogen (secondary N) is 1. The number of carbonyl (C=O) groups is 1. The Labute approximate surface area is 156 Å². The van der Waals surface area contributed by atoms with E-state index in [4.69, 9.17) is 11.6 Å². The molecular weight excluding hydrogens is 350 g/mol. The first kappa shape index (κ1) is 17.9. The Morgan fingerprint density at radius 1 is 1.08 bits per heavy atom.